The van der Waals surface area contributed by atoms with E-state index in [1.165, 1.54) is 12.7 Å². The highest BCUT2D eigenvalue weighted by atomic mass is 35.5. The second kappa shape index (κ2) is 8.44. The number of nitrogens with one attached hydrogen (secondary N) is 1. The first-order valence-electron chi connectivity index (χ1n) is 9.00. The summed E-state index contributed by atoms with van der Waals surface area (Å²) in [6.45, 7) is 2.12. The Balaban J connectivity index is 1.81. The Hall–Kier alpha value is -2.86. The molecule has 0 saturated heterocycles. The average molecular weight is 403 g/mol. The van der Waals surface area contributed by atoms with E-state index in [1.54, 1.807) is 0 Å². The van der Waals surface area contributed by atoms with Gasteiger partial charge in [-0.25, -0.2) is 4.79 Å². The number of halogens is 1. The summed E-state index contributed by atoms with van der Waals surface area (Å²) in [5.74, 6) is -1.31. The predicted octanol–water partition coefficient (Wildman–Crippen LogP) is 3.93. The Labute approximate surface area is 169 Å². The number of phenolic OH excluding ortho intramolecular Hbond substituents is 2. The summed E-state index contributed by atoms with van der Waals surface area (Å²) in [5, 5.41) is 23.4. The van der Waals surface area contributed by atoms with Gasteiger partial charge in [0.05, 0.1) is 24.3 Å². The van der Waals surface area contributed by atoms with Crippen molar-refractivity contribution in [3.63, 3.8) is 0 Å². The fourth-order valence-electron chi connectivity index (χ4n) is 3.49. The van der Waals surface area contributed by atoms with Crippen LogP contribution in [0.3, 0.4) is 0 Å². The molecule has 2 unspecified atom stereocenters. The van der Waals surface area contributed by atoms with E-state index in [2.05, 4.69) is 29.3 Å². The van der Waals surface area contributed by atoms with Gasteiger partial charge in [0.1, 0.15) is 17.1 Å². The van der Waals surface area contributed by atoms with Crippen LogP contribution in [0.5, 0.6) is 11.5 Å². The third-order valence-electron chi connectivity index (χ3n) is 5.00. The zero-order valence-corrected chi connectivity index (χ0v) is 16.5. The largest absolute Gasteiger partial charge is 0.507 e. The van der Waals surface area contributed by atoms with Crippen LogP contribution >= 0.6 is 11.6 Å². The molecule has 0 aliphatic carbocycles. The molecule has 0 radical (unpaired) electrons. The molecule has 2 aromatic carbocycles. The summed E-state index contributed by atoms with van der Waals surface area (Å²) in [5.41, 5.74) is 1.54. The van der Waals surface area contributed by atoms with Crippen molar-refractivity contribution in [3.05, 3.63) is 70.5 Å². The monoisotopic (exact) mass is 402 g/mol. The van der Waals surface area contributed by atoms with Crippen molar-refractivity contribution in [2.45, 2.75) is 32.0 Å². The molecular formula is C21H23ClN2O4. The van der Waals surface area contributed by atoms with Crippen molar-refractivity contribution in [1.82, 2.24) is 10.2 Å². The molecule has 0 amide bonds. The van der Waals surface area contributed by atoms with Crippen LogP contribution in [0.15, 0.2) is 48.8 Å². The Morgan fingerprint density at radius 2 is 2.00 bits per heavy atom. The molecular weight excluding hydrogens is 380 g/mol. The van der Waals surface area contributed by atoms with Gasteiger partial charge in [-0.1, -0.05) is 41.9 Å². The van der Waals surface area contributed by atoms with Crippen molar-refractivity contribution < 1.29 is 19.7 Å². The summed E-state index contributed by atoms with van der Waals surface area (Å²) < 4.78 is 4.76. The molecule has 1 heterocycles. The number of methoxy groups -OCH3 is 1. The van der Waals surface area contributed by atoms with Gasteiger partial charge >= 0.3 is 5.97 Å². The number of phenols is 2. The second-order valence-corrected chi connectivity index (χ2v) is 7.02. The first-order valence-corrected chi connectivity index (χ1v) is 9.38. The summed E-state index contributed by atoms with van der Waals surface area (Å²) in [6.07, 6.45) is 4.80. The van der Waals surface area contributed by atoms with Crippen molar-refractivity contribution >= 4 is 17.6 Å². The van der Waals surface area contributed by atoms with Gasteiger partial charge in [-0.05, 0) is 30.9 Å². The quantitative estimate of drug-likeness (QED) is 0.635. The molecule has 3 N–H and O–H groups in total. The van der Waals surface area contributed by atoms with Crippen LogP contribution in [0.4, 0.5) is 0 Å². The average Bonchev–Trinajstić information content (AvgIpc) is 3.17. The number of nitrogens with zero attached hydrogens (tertiary/aromatic N) is 1. The van der Waals surface area contributed by atoms with E-state index in [0.717, 1.165) is 6.07 Å². The van der Waals surface area contributed by atoms with Crippen molar-refractivity contribution in [1.29, 1.82) is 0 Å². The third kappa shape index (κ3) is 3.87. The highest BCUT2D eigenvalue weighted by molar-refractivity contribution is 6.33. The van der Waals surface area contributed by atoms with Gasteiger partial charge in [-0.3, -0.25) is 0 Å². The lowest BCUT2D eigenvalue weighted by atomic mass is 9.99. The zero-order valence-electron chi connectivity index (χ0n) is 15.7. The lowest BCUT2D eigenvalue weighted by Gasteiger charge is -2.32. The van der Waals surface area contributed by atoms with Crippen molar-refractivity contribution in [3.8, 4) is 11.5 Å². The molecule has 1 aliphatic rings. The van der Waals surface area contributed by atoms with Gasteiger partial charge in [0.15, 0.2) is 0 Å². The van der Waals surface area contributed by atoms with Gasteiger partial charge in [-0.2, -0.15) is 0 Å². The Kier molecular flexibility index (Phi) is 5.99. The van der Waals surface area contributed by atoms with E-state index < -0.39 is 5.97 Å². The summed E-state index contributed by atoms with van der Waals surface area (Å²) in [7, 11) is 1.23. The maximum absolute atomic E-state index is 12.1. The Morgan fingerprint density at radius 3 is 2.68 bits per heavy atom. The normalized spacial score (nSPS) is 16.7. The maximum atomic E-state index is 12.1. The molecule has 0 fully saturated rings. The van der Waals surface area contributed by atoms with Crippen molar-refractivity contribution in [2.75, 3.05) is 7.11 Å². The number of hydrogen-bond donors (Lipinski definition) is 3. The molecule has 28 heavy (non-hydrogen) atoms. The molecule has 2 atom stereocenters. The maximum Gasteiger partial charge on any atom is 0.341 e. The highest BCUT2D eigenvalue weighted by Crippen LogP contribution is 2.38. The molecule has 2 aromatic rings. The molecule has 1 aliphatic heterocycles. The predicted molar refractivity (Wildman–Crippen MR) is 107 cm³/mol. The van der Waals surface area contributed by atoms with E-state index in [1.807, 2.05) is 30.6 Å². The Morgan fingerprint density at radius 1 is 1.29 bits per heavy atom. The summed E-state index contributed by atoms with van der Waals surface area (Å²) in [6, 6.07) is 11.3. The standard InChI is InChI=1S/C21H23ClN2O4/c1-13(14-6-4-3-5-7-14)24-11-10-23-18(24)9-8-15-19(21(27)28-2)16(25)12-17(26)20(15)22/h3-7,10-13,18,23,25-26H,8-9H2,1-2H3. The topological polar surface area (TPSA) is 82.0 Å². The molecule has 3 rings (SSSR count). The minimum absolute atomic E-state index is 0.0149. The third-order valence-corrected chi connectivity index (χ3v) is 5.42. The van der Waals surface area contributed by atoms with Crippen LogP contribution in [-0.2, 0) is 11.2 Å². The van der Waals surface area contributed by atoms with Crippen LogP contribution in [-0.4, -0.2) is 34.4 Å². The molecule has 0 aromatic heterocycles. The van der Waals surface area contributed by atoms with Crippen LogP contribution in [0, 0.1) is 0 Å². The van der Waals surface area contributed by atoms with E-state index >= 15 is 0 Å². The lowest BCUT2D eigenvalue weighted by Crippen LogP contribution is -2.37. The van der Waals surface area contributed by atoms with Crippen LogP contribution < -0.4 is 5.32 Å². The van der Waals surface area contributed by atoms with Crippen molar-refractivity contribution in [2.24, 2.45) is 0 Å². The summed E-state index contributed by atoms with van der Waals surface area (Å²) >= 11 is 6.23. The summed E-state index contributed by atoms with van der Waals surface area (Å²) in [4.78, 5) is 14.3. The number of esters is 1. The number of benzene rings is 2. The molecule has 0 bridgehead atoms. The number of hydrogen-bond acceptors (Lipinski definition) is 6. The van der Waals surface area contributed by atoms with Gasteiger partial charge in [0, 0.05) is 18.5 Å². The molecule has 148 valence electrons. The van der Waals surface area contributed by atoms with Crippen LogP contribution in [0.25, 0.3) is 0 Å². The first kappa shape index (κ1) is 19.9. The molecule has 0 spiro atoms. The lowest BCUT2D eigenvalue weighted by molar-refractivity contribution is 0.0596. The van der Waals surface area contributed by atoms with Gasteiger partial charge in [-0.15, -0.1) is 0 Å². The van der Waals surface area contributed by atoms with Gasteiger partial charge < -0.3 is 25.2 Å². The molecule has 7 heteroatoms. The number of aromatic hydroxyl groups is 2. The van der Waals surface area contributed by atoms with E-state index in [-0.39, 0.29) is 34.3 Å². The first-order chi connectivity index (χ1) is 13.4. The minimum atomic E-state index is -0.693. The smallest absolute Gasteiger partial charge is 0.341 e. The minimum Gasteiger partial charge on any atom is -0.507 e. The number of carbonyl (C=O) groups is 1. The van der Waals surface area contributed by atoms with Crippen LogP contribution in [0.1, 0.15) is 40.9 Å². The highest BCUT2D eigenvalue weighted by Gasteiger charge is 2.27. The van der Waals surface area contributed by atoms with E-state index in [0.29, 0.717) is 18.4 Å². The molecule has 0 saturated carbocycles. The number of ether oxygens (including phenoxy) is 1. The van der Waals surface area contributed by atoms with Gasteiger partial charge in [0.2, 0.25) is 0 Å². The number of rotatable bonds is 6. The van der Waals surface area contributed by atoms with E-state index in [9.17, 15) is 15.0 Å². The molecule has 6 nitrogen and oxygen atoms in total. The zero-order chi connectivity index (χ0) is 20.3. The van der Waals surface area contributed by atoms with E-state index in [4.69, 9.17) is 16.3 Å². The Bertz CT molecular complexity index is 886. The second-order valence-electron chi connectivity index (χ2n) is 6.64. The van der Waals surface area contributed by atoms with Gasteiger partial charge in [0.25, 0.3) is 0 Å². The SMILES string of the molecule is COC(=O)c1c(O)cc(O)c(Cl)c1CCC1NC=CN1C(C)c1ccccc1. The fraction of sp³-hybridized carbons (Fsp3) is 0.286. The number of carbonyl (C=O) groups excluding carboxylic acids is 1. The van der Waals surface area contributed by atoms with Crippen LogP contribution in [0.2, 0.25) is 5.02 Å². The fourth-order valence-corrected chi connectivity index (χ4v) is 3.74.